The maximum absolute atomic E-state index is 9.10. The number of rotatable bonds is 2. The minimum atomic E-state index is 0.0663. The molecule has 3 heteroatoms. The first kappa shape index (κ1) is 8.26. The summed E-state index contributed by atoms with van der Waals surface area (Å²) in [6, 6.07) is 7.77. The quantitative estimate of drug-likeness (QED) is 0.690. The normalized spacial score (nSPS) is 15.3. The Labute approximate surface area is 77.1 Å². The molecule has 0 saturated heterocycles. The minimum absolute atomic E-state index is 0.0663. The smallest absolute Gasteiger partial charge is 0.128 e. The van der Waals surface area contributed by atoms with Crippen molar-refractivity contribution in [3.8, 4) is 0 Å². The van der Waals surface area contributed by atoms with Crippen LogP contribution in [0.15, 0.2) is 29.3 Å². The van der Waals surface area contributed by atoms with E-state index in [0.29, 0.717) is 0 Å². The third kappa shape index (κ3) is 1.55. The summed E-state index contributed by atoms with van der Waals surface area (Å²) in [5.41, 5.74) is 1.94. The fourth-order valence-corrected chi connectivity index (χ4v) is 1.47. The second-order valence-electron chi connectivity index (χ2n) is 2.97. The first-order valence-corrected chi connectivity index (χ1v) is 4.39. The molecule has 0 saturated carbocycles. The van der Waals surface area contributed by atoms with E-state index in [1.165, 1.54) is 0 Å². The maximum atomic E-state index is 9.10. The van der Waals surface area contributed by atoms with E-state index in [4.69, 9.17) is 5.11 Å². The highest BCUT2D eigenvalue weighted by atomic mass is 16.3. The van der Waals surface area contributed by atoms with E-state index in [2.05, 4.69) is 10.3 Å². The Bertz CT molecular complexity index is 333. The van der Waals surface area contributed by atoms with Gasteiger partial charge in [-0.15, -0.1) is 0 Å². The summed E-state index contributed by atoms with van der Waals surface area (Å²) in [5, 5.41) is 12.3. The zero-order valence-electron chi connectivity index (χ0n) is 7.33. The second kappa shape index (κ2) is 3.58. The van der Waals surface area contributed by atoms with Gasteiger partial charge in [0, 0.05) is 12.1 Å². The van der Waals surface area contributed by atoms with Crippen LogP contribution < -0.4 is 5.32 Å². The van der Waals surface area contributed by atoms with Crippen molar-refractivity contribution in [2.45, 2.75) is 6.61 Å². The summed E-state index contributed by atoms with van der Waals surface area (Å²) in [6.45, 7) is 1.79. The van der Waals surface area contributed by atoms with Crippen LogP contribution in [0.1, 0.15) is 11.1 Å². The predicted octanol–water partition coefficient (Wildman–Crippen LogP) is 0.529. The average Bonchev–Trinajstić information content (AvgIpc) is 2.70. The number of aliphatic hydroxyl groups is 1. The van der Waals surface area contributed by atoms with E-state index < -0.39 is 0 Å². The molecule has 1 heterocycles. The number of hydrogen-bond donors (Lipinski definition) is 2. The van der Waals surface area contributed by atoms with Gasteiger partial charge in [0.2, 0.25) is 0 Å². The van der Waals surface area contributed by atoms with Crippen LogP contribution >= 0.6 is 0 Å². The van der Waals surface area contributed by atoms with Crippen molar-refractivity contribution in [3.05, 3.63) is 35.4 Å². The summed E-state index contributed by atoms with van der Waals surface area (Å²) in [4.78, 5) is 4.31. The number of nitrogens with zero attached hydrogens (tertiary/aromatic N) is 1. The largest absolute Gasteiger partial charge is 0.392 e. The predicted molar refractivity (Wildman–Crippen MR) is 51.8 cm³/mol. The summed E-state index contributed by atoms with van der Waals surface area (Å²) in [6.07, 6.45) is 0. The van der Waals surface area contributed by atoms with Crippen molar-refractivity contribution in [3.63, 3.8) is 0 Å². The number of aliphatic hydroxyl groups excluding tert-OH is 1. The SMILES string of the molecule is OCc1ccccc1C1=NCCN1. The molecule has 0 atom stereocenters. The Balaban J connectivity index is 2.38. The van der Waals surface area contributed by atoms with Gasteiger partial charge < -0.3 is 10.4 Å². The number of hydrogen-bond acceptors (Lipinski definition) is 3. The molecular formula is C10H12N2O. The molecule has 2 N–H and O–H groups in total. The lowest BCUT2D eigenvalue weighted by Gasteiger charge is -2.06. The Morgan fingerprint density at radius 3 is 2.92 bits per heavy atom. The molecule has 1 aromatic carbocycles. The van der Waals surface area contributed by atoms with Crippen LogP contribution in [0, 0.1) is 0 Å². The van der Waals surface area contributed by atoms with Crippen LogP contribution in [-0.4, -0.2) is 24.0 Å². The van der Waals surface area contributed by atoms with Gasteiger partial charge in [0.05, 0.1) is 13.2 Å². The van der Waals surface area contributed by atoms with Crippen LogP contribution in [0.5, 0.6) is 0 Å². The molecule has 0 amide bonds. The van der Waals surface area contributed by atoms with E-state index in [1.807, 2.05) is 24.3 Å². The molecule has 0 radical (unpaired) electrons. The van der Waals surface area contributed by atoms with Crippen LogP contribution in [0.25, 0.3) is 0 Å². The van der Waals surface area contributed by atoms with Crippen molar-refractivity contribution in [2.24, 2.45) is 4.99 Å². The fourth-order valence-electron chi connectivity index (χ4n) is 1.47. The van der Waals surface area contributed by atoms with Gasteiger partial charge in [-0.05, 0) is 5.56 Å². The third-order valence-corrected chi connectivity index (χ3v) is 2.12. The Kier molecular flexibility index (Phi) is 2.27. The van der Waals surface area contributed by atoms with Crippen molar-refractivity contribution in [1.82, 2.24) is 5.32 Å². The molecule has 2 rings (SSSR count). The Morgan fingerprint density at radius 2 is 2.23 bits per heavy atom. The number of aliphatic imine (C=N–C) groups is 1. The van der Waals surface area contributed by atoms with Crippen molar-refractivity contribution in [1.29, 1.82) is 0 Å². The second-order valence-corrected chi connectivity index (χ2v) is 2.97. The average molecular weight is 176 g/mol. The van der Waals surface area contributed by atoms with Gasteiger partial charge in [-0.3, -0.25) is 4.99 Å². The van der Waals surface area contributed by atoms with Gasteiger partial charge in [-0.25, -0.2) is 0 Å². The summed E-state index contributed by atoms with van der Waals surface area (Å²) >= 11 is 0. The molecule has 1 aromatic rings. The Morgan fingerprint density at radius 1 is 1.38 bits per heavy atom. The first-order chi connectivity index (χ1) is 6.42. The molecule has 0 fully saturated rings. The lowest BCUT2D eigenvalue weighted by molar-refractivity contribution is 0.281. The van der Waals surface area contributed by atoms with Gasteiger partial charge in [-0.2, -0.15) is 0 Å². The first-order valence-electron chi connectivity index (χ1n) is 4.39. The number of benzene rings is 1. The zero-order valence-corrected chi connectivity index (χ0v) is 7.33. The summed E-state index contributed by atoms with van der Waals surface area (Å²) in [7, 11) is 0. The van der Waals surface area contributed by atoms with Gasteiger partial charge in [0.15, 0.2) is 0 Å². The molecule has 0 bridgehead atoms. The van der Waals surface area contributed by atoms with E-state index in [9.17, 15) is 0 Å². The highest BCUT2D eigenvalue weighted by Gasteiger charge is 2.10. The molecule has 0 aromatic heterocycles. The standard InChI is InChI=1S/C10H12N2O/c13-7-8-3-1-2-4-9(8)10-11-5-6-12-10/h1-4,13H,5-7H2,(H,11,12). The lowest BCUT2D eigenvalue weighted by atomic mass is 10.1. The van der Waals surface area contributed by atoms with E-state index in [1.54, 1.807) is 0 Å². The highest BCUT2D eigenvalue weighted by Crippen LogP contribution is 2.10. The van der Waals surface area contributed by atoms with Crippen molar-refractivity contribution >= 4 is 5.84 Å². The van der Waals surface area contributed by atoms with Gasteiger partial charge in [-0.1, -0.05) is 24.3 Å². The topological polar surface area (TPSA) is 44.6 Å². The van der Waals surface area contributed by atoms with E-state index >= 15 is 0 Å². The van der Waals surface area contributed by atoms with Crippen LogP contribution in [-0.2, 0) is 6.61 Å². The molecule has 0 spiro atoms. The van der Waals surface area contributed by atoms with Gasteiger partial charge >= 0.3 is 0 Å². The minimum Gasteiger partial charge on any atom is -0.392 e. The molecule has 68 valence electrons. The molecule has 1 aliphatic heterocycles. The third-order valence-electron chi connectivity index (χ3n) is 2.12. The molecule has 13 heavy (non-hydrogen) atoms. The van der Waals surface area contributed by atoms with E-state index in [0.717, 1.165) is 30.1 Å². The monoisotopic (exact) mass is 176 g/mol. The van der Waals surface area contributed by atoms with Gasteiger partial charge in [0.25, 0.3) is 0 Å². The molecular weight excluding hydrogens is 164 g/mol. The fraction of sp³-hybridized carbons (Fsp3) is 0.300. The summed E-state index contributed by atoms with van der Waals surface area (Å²) in [5.74, 6) is 0.907. The Hall–Kier alpha value is -1.35. The van der Waals surface area contributed by atoms with Crippen LogP contribution in [0.2, 0.25) is 0 Å². The number of amidine groups is 1. The van der Waals surface area contributed by atoms with Crippen LogP contribution in [0.4, 0.5) is 0 Å². The zero-order chi connectivity index (χ0) is 9.10. The lowest BCUT2D eigenvalue weighted by Crippen LogP contribution is -2.20. The molecule has 3 nitrogen and oxygen atoms in total. The molecule has 1 aliphatic rings. The number of nitrogens with one attached hydrogen (secondary N) is 1. The summed E-state index contributed by atoms with van der Waals surface area (Å²) < 4.78 is 0. The molecule has 0 aliphatic carbocycles. The van der Waals surface area contributed by atoms with Crippen molar-refractivity contribution in [2.75, 3.05) is 13.1 Å². The van der Waals surface area contributed by atoms with Gasteiger partial charge in [0.1, 0.15) is 5.84 Å². The van der Waals surface area contributed by atoms with E-state index in [-0.39, 0.29) is 6.61 Å². The molecule has 0 unspecified atom stereocenters. The van der Waals surface area contributed by atoms with Crippen molar-refractivity contribution < 1.29 is 5.11 Å². The maximum Gasteiger partial charge on any atom is 0.128 e. The van der Waals surface area contributed by atoms with Crippen LogP contribution in [0.3, 0.4) is 0 Å². The highest BCUT2D eigenvalue weighted by molar-refractivity contribution is 6.00.